The van der Waals surface area contributed by atoms with E-state index in [0.717, 1.165) is 5.56 Å². The van der Waals surface area contributed by atoms with E-state index in [-0.39, 0.29) is 11.4 Å². The summed E-state index contributed by atoms with van der Waals surface area (Å²) in [6, 6.07) is 10.3. The highest BCUT2D eigenvalue weighted by molar-refractivity contribution is 5.95. The van der Waals surface area contributed by atoms with Crippen molar-refractivity contribution in [3.63, 3.8) is 0 Å². The third-order valence-electron chi connectivity index (χ3n) is 3.13. The number of carboxylic acids is 1. The molecule has 0 saturated heterocycles. The molecule has 0 radical (unpaired) electrons. The summed E-state index contributed by atoms with van der Waals surface area (Å²) in [6.07, 6.45) is 1.80. The minimum absolute atomic E-state index is 0.0248. The van der Waals surface area contributed by atoms with Crippen LogP contribution in [0.4, 0.5) is 0 Å². The van der Waals surface area contributed by atoms with Gasteiger partial charge in [-0.25, -0.2) is 9.78 Å². The van der Waals surface area contributed by atoms with E-state index in [1.54, 1.807) is 40.9 Å². The molecule has 0 saturated carbocycles. The molecule has 1 aromatic carbocycles. The third-order valence-corrected chi connectivity index (χ3v) is 3.13. The molecule has 0 amide bonds. The predicted molar refractivity (Wildman–Crippen MR) is 74.0 cm³/mol. The van der Waals surface area contributed by atoms with Crippen LogP contribution in [0.5, 0.6) is 5.75 Å². The predicted octanol–water partition coefficient (Wildman–Crippen LogP) is 2.71. The first-order valence-electron chi connectivity index (χ1n) is 6.08. The highest BCUT2D eigenvalue weighted by Crippen LogP contribution is 2.30. The second kappa shape index (κ2) is 4.38. The molecule has 2 N–H and O–H groups in total. The Kier molecular flexibility index (Phi) is 2.68. The number of imidazole rings is 1. The standard InChI is InChI=1S/C15H12N2O3/c1-9-6-7-11-13(15(19)20)16-14(17(11)8-9)10-4-2-3-5-12(10)18/h2-8,18H,1H3,(H,19,20). The number of para-hydroxylation sites is 1. The lowest BCUT2D eigenvalue weighted by Crippen LogP contribution is -1.97. The largest absolute Gasteiger partial charge is 0.507 e. The molecular weight excluding hydrogens is 256 g/mol. The monoisotopic (exact) mass is 268 g/mol. The fraction of sp³-hybridized carbons (Fsp3) is 0.0667. The smallest absolute Gasteiger partial charge is 0.356 e. The fourth-order valence-corrected chi connectivity index (χ4v) is 2.20. The Balaban J connectivity index is 2.39. The summed E-state index contributed by atoms with van der Waals surface area (Å²) < 4.78 is 1.69. The van der Waals surface area contributed by atoms with E-state index in [0.29, 0.717) is 16.9 Å². The minimum atomic E-state index is -1.09. The molecule has 0 bridgehead atoms. The molecule has 0 fully saturated rings. The van der Waals surface area contributed by atoms with Gasteiger partial charge in [0.15, 0.2) is 5.69 Å². The first-order valence-corrected chi connectivity index (χ1v) is 6.08. The van der Waals surface area contributed by atoms with Crippen molar-refractivity contribution >= 4 is 11.5 Å². The molecule has 2 heterocycles. The number of hydrogen-bond acceptors (Lipinski definition) is 3. The minimum Gasteiger partial charge on any atom is -0.507 e. The zero-order chi connectivity index (χ0) is 14.3. The Morgan fingerprint density at radius 2 is 1.95 bits per heavy atom. The van der Waals surface area contributed by atoms with Crippen molar-refractivity contribution < 1.29 is 15.0 Å². The van der Waals surface area contributed by atoms with E-state index in [2.05, 4.69) is 4.98 Å². The maximum absolute atomic E-state index is 11.3. The highest BCUT2D eigenvalue weighted by atomic mass is 16.4. The second-order valence-electron chi connectivity index (χ2n) is 4.57. The number of carbonyl (C=O) groups is 1. The van der Waals surface area contributed by atoms with E-state index >= 15 is 0 Å². The van der Waals surface area contributed by atoms with Gasteiger partial charge in [-0.15, -0.1) is 0 Å². The molecule has 3 aromatic rings. The number of phenolic OH excluding ortho intramolecular Hbond substituents is 1. The summed E-state index contributed by atoms with van der Waals surface area (Å²) in [5.74, 6) is -0.606. The fourth-order valence-electron chi connectivity index (χ4n) is 2.20. The Hall–Kier alpha value is -2.82. The molecule has 2 aromatic heterocycles. The number of hydrogen-bond donors (Lipinski definition) is 2. The summed E-state index contributed by atoms with van der Waals surface area (Å²) in [7, 11) is 0. The van der Waals surface area contributed by atoms with Crippen molar-refractivity contribution in [2.45, 2.75) is 6.92 Å². The average Bonchev–Trinajstić information content (AvgIpc) is 2.78. The van der Waals surface area contributed by atoms with E-state index in [1.807, 2.05) is 13.0 Å². The number of fused-ring (bicyclic) bond motifs is 1. The molecule has 3 rings (SSSR count). The molecule has 0 unspecified atom stereocenters. The number of rotatable bonds is 2. The molecular formula is C15H12N2O3. The maximum Gasteiger partial charge on any atom is 0.356 e. The van der Waals surface area contributed by atoms with Gasteiger partial charge >= 0.3 is 5.97 Å². The number of aromatic hydroxyl groups is 1. The summed E-state index contributed by atoms with van der Waals surface area (Å²) in [4.78, 5) is 15.5. The average molecular weight is 268 g/mol. The van der Waals surface area contributed by atoms with Crippen LogP contribution in [-0.4, -0.2) is 25.6 Å². The Bertz CT molecular complexity index is 821. The topological polar surface area (TPSA) is 74.8 Å². The molecule has 100 valence electrons. The van der Waals surface area contributed by atoms with Crippen molar-refractivity contribution in [2.75, 3.05) is 0 Å². The van der Waals surface area contributed by atoms with Crippen molar-refractivity contribution in [1.82, 2.24) is 9.38 Å². The van der Waals surface area contributed by atoms with E-state index < -0.39 is 5.97 Å². The van der Waals surface area contributed by atoms with Gasteiger partial charge in [0.05, 0.1) is 11.1 Å². The van der Waals surface area contributed by atoms with Gasteiger partial charge in [-0.3, -0.25) is 4.40 Å². The van der Waals surface area contributed by atoms with Crippen molar-refractivity contribution in [3.05, 3.63) is 53.9 Å². The van der Waals surface area contributed by atoms with Crippen molar-refractivity contribution in [2.24, 2.45) is 0 Å². The van der Waals surface area contributed by atoms with E-state index in [1.165, 1.54) is 0 Å². The van der Waals surface area contributed by atoms with Gasteiger partial charge in [0.2, 0.25) is 0 Å². The lowest BCUT2D eigenvalue weighted by molar-refractivity contribution is 0.0693. The number of aromatic nitrogens is 2. The first-order chi connectivity index (χ1) is 9.58. The molecule has 5 nitrogen and oxygen atoms in total. The Morgan fingerprint density at radius 1 is 1.20 bits per heavy atom. The van der Waals surface area contributed by atoms with Crippen LogP contribution < -0.4 is 0 Å². The summed E-state index contributed by atoms with van der Waals surface area (Å²) in [5, 5.41) is 19.2. The number of aryl methyl sites for hydroxylation is 1. The second-order valence-corrected chi connectivity index (χ2v) is 4.57. The number of phenols is 1. The number of nitrogens with zero attached hydrogens (tertiary/aromatic N) is 2. The van der Waals surface area contributed by atoms with Crippen molar-refractivity contribution in [1.29, 1.82) is 0 Å². The van der Waals surface area contributed by atoms with E-state index in [4.69, 9.17) is 0 Å². The zero-order valence-corrected chi connectivity index (χ0v) is 10.7. The SMILES string of the molecule is Cc1ccc2c(C(=O)O)nc(-c3ccccc3O)n2c1. The van der Waals surface area contributed by atoms with Crippen LogP contribution in [0.25, 0.3) is 16.9 Å². The van der Waals surface area contributed by atoms with Gasteiger partial charge in [0.25, 0.3) is 0 Å². The van der Waals surface area contributed by atoms with Gasteiger partial charge in [0.1, 0.15) is 11.6 Å². The van der Waals surface area contributed by atoms with Crippen molar-refractivity contribution in [3.8, 4) is 17.1 Å². The first kappa shape index (κ1) is 12.2. The summed E-state index contributed by atoms with van der Waals surface area (Å²) >= 11 is 0. The molecule has 0 aliphatic carbocycles. The van der Waals surface area contributed by atoms with Crippen LogP contribution in [-0.2, 0) is 0 Å². The van der Waals surface area contributed by atoms with Crippen LogP contribution >= 0.6 is 0 Å². The summed E-state index contributed by atoms with van der Waals surface area (Å²) in [5.41, 5.74) is 1.95. The Morgan fingerprint density at radius 3 is 2.65 bits per heavy atom. The quantitative estimate of drug-likeness (QED) is 0.749. The maximum atomic E-state index is 11.3. The van der Waals surface area contributed by atoms with Crippen LogP contribution in [0, 0.1) is 6.92 Å². The number of pyridine rings is 1. The molecule has 20 heavy (non-hydrogen) atoms. The number of aromatic carboxylic acids is 1. The van der Waals surface area contributed by atoms with Crippen LogP contribution in [0.1, 0.15) is 16.1 Å². The van der Waals surface area contributed by atoms with Gasteiger partial charge in [-0.1, -0.05) is 18.2 Å². The molecule has 0 aliphatic heterocycles. The number of carboxylic acid groups (broad SMARTS) is 1. The van der Waals surface area contributed by atoms with Crippen LogP contribution in [0.2, 0.25) is 0 Å². The van der Waals surface area contributed by atoms with Gasteiger partial charge in [-0.05, 0) is 30.7 Å². The van der Waals surface area contributed by atoms with E-state index in [9.17, 15) is 15.0 Å². The summed E-state index contributed by atoms with van der Waals surface area (Å²) in [6.45, 7) is 1.91. The third kappa shape index (κ3) is 1.80. The lowest BCUT2D eigenvalue weighted by atomic mass is 10.2. The zero-order valence-electron chi connectivity index (χ0n) is 10.7. The number of benzene rings is 1. The molecule has 0 aliphatic rings. The molecule has 5 heteroatoms. The van der Waals surface area contributed by atoms with Crippen LogP contribution in [0.3, 0.4) is 0 Å². The van der Waals surface area contributed by atoms with Gasteiger partial charge < -0.3 is 10.2 Å². The van der Waals surface area contributed by atoms with Crippen LogP contribution in [0.15, 0.2) is 42.6 Å². The van der Waals surface area contributed by atoms with Gasteiger partial charge in [-0.2, -0.15) is 0 Å². The molecule has 0 spiro atoms. The Labute approximate surface area is 114 Å². The molecule has 0 atom stereocenters. The normalized spacial score (nSPS) is 10.8. The van der Waals surface area contributed by atoms with Gasteiger partial charge in [0, 0.05) is 6.20 Å². The highest BCUT2D eigenvalue weighted by Gasteiger charge is 2.19. The lowest BCUT2D eigenvalue weighted by Gasteiger charge is -2.04.